The topological polar surface area (TPSA) is 153 Å². The molecule has 0 aliphatic rings. The molecule has 0 atom stereocenters. The van der Waals surface area contributed by atoms with E-state index in [0.29, 0.717) is 23.5 Å². The van der Waals surface area contributed by atoms with Crippen LogP contribution in [0.4, 0.5) is 23.8 Å². The minimum atomic E-state index is 0.241. The van der Waals surface area contributed by atoms with E-state index in [1.54, 1.807) is 13.8 Å². The van der Waals surface area contributed by atoms with Gasteiger partial charge in [-0.15, -0.1) is 0 Å². The average Bonchev–Trinajstić information content (AvgIpc) is 2.48. The Morgan fingerprint density at radius 1 is 0.625 bits per heavy atom. The van der Waals surface area contributed by atoms with Gasteiger partial charge in [-0.3, -0.25) is 0 Å². The first-order valence-corrected chi connectivity index (χ1v) is 7.97. The number of nitrogens with two attached hydrogens (primary N) is 2. The summed E-state index contributed by atoms with van der Waals surface area (Å²) in [6, 6.07) is 0. The number of unbranched alkanes of at least 4 members (excludes halogenated alkanes) is 3. The van der Waals surface area contributed by atoms with Crippen molar-refractivity contribution < 1.29 is 0 Å². The predicted molar refractivity (Wildman–Crippen MR) is 93.4 cm³/mol. The molecule has 130 valence electrons. The fourth-order valence-corrected chi connectivity index (χ4v) is 2.17. The van der Waals surface area contributed by atoms with E-state index in [4.69, 9.17) is 11.5 Å². The number of nitrogens with one attached hydrogen (secondary N) is 2. The molecule has 2 aromatic heterocycles. The van der Waals surface area contributed by atoms with Crippen LogP contribution < -0.4 is 22.1 Å². The number of aryl methyl sites for hydroxylation is 2. The van der Waals surface area contributed by atoms with Crippen LogP contribution in [0.25, 0.3) is 0 Å². The van der Waals surface area contributed by atoms with E-state index in [1.165, 1.54) is 0 Å². The molecule has 0 aliphatic heterocycles. The van der Waals surface area contributed by atoms with Gasteiger partial charge in [0.15, 0.2) is 0 Å². The van der Waals surface area contributed by atoms with E-state index in [0.717, 1.165) is 38.8 Å². The summed E-state index contributed by atoms with van der Waals surface area (Å²) in [4.78, 5) is 24.3. The van der Waals surface area contributed by atoms with Crippen molar-refractivity contribution in [3.63, 3.8) is 0 Å². The van der Waals surface area contributed by atoms with Gasteiger partial charge in [0.2, 0.25) is 23.8 Å². The minimum Gasteiger partial charge on any atom is -0.368 e. The van der Waals surface area contributed by atoms with Crippen LogP contribution in [0.1, 0.15) is 37.3 Å². The van der Waals surface area contributed by atoms with Crippen LogP contribution in [0.15, 0.2) is 0 Å². The molecule has 0 saturated carbocycles. The van der Waals surface area contributed by atoms with Gasteiger partial charge in [-0.25, -0.2) is 0 Å². The Labute approximate surface area is 141 Å². The zero-order valence-electron chi connectivity index (χ0n) is 14.1. The maximum Gasteiger partial charge on any atom is 0.227 e. The third-order valence-electron chi connectivity index (χ3n) is 3.20. The lowest BCUT2D eigenvalue weighted by molar-refractivity contribution is 0.667. The van der Waals surface area contributed by atoms with Gasteiger partial charge >= 0.3 is 0 Å². The largest absolute Gasteiger partial charge is 0.368 e. The number of nitrogen functional groups attached to an aromatic ring is 2. The third kappa shape index (κ3) is 6.15. The lowest BCUT2D eigenvalue weighted by Crippen LogP contribution is -2.10. The smallest absolute Gasteiger partial charge is 0.227 e. The highest BCUT2D eigenvalue weighted by Crippen LogP contribution is 2.05. The summed E-state index contributed by atoms with van der Waals surface area (Å²) >= 11 is 0. The fraction of sp³-hybridized carbons (Fsp3) is 0.571. The summed E-state index contributed by atoms with van der Waals surface area (Å²) in [5.74, 6) is 2.78. The minimum absolute atomic E-state index is 0.241. The Hall–Kier alpha value is -2.78. The highest BCUT2D eigenvalue weighted by Gasteiger charge is 2.01. The van der Waals surface area contributed by atoms with Crippen LogP contribution in [-0.2, 0) is 0 Å². The van der Waals surface area contributed by atoms with Crippen molar-refractivity contribution in [3.8, 4) is 0 Å². The summed E-state index contributed by atoms with van der Waals surface area (Å²) in [7, 11) is 0. The van der Waals surface area contributed by atoms with E-state index in [9.17, 15) is 0 Å². The number of nitrogens with zero attached hydrogens (tertiary/aromatic N) is 6. The first kappa shape index (κ1) is 17.6. The molecule has 10 heteroatoms. The molecule has 0 amide bonds. The van der Waals surface area contributed by atoms with E-state index >= 15 is 0 Å². The van der Waals surface area contributed by atoms with Crippen molar-refractivity contribution in [2.45, 2.75) is 39.5 Å². The Morgan fingerprint density at radius 2 is 1.04 bits per heavy atom. The van der Waals surface area contributed by atoms with E-state index < -0.39 is 0 Å². The molecule has 6 N–H and O–H groups in total. The number of rotatable bonds is 9. The quantitative estimate of drug-likeness (QED) is 0.487. The molecule has 2 heterocycles. The van der Waals surface area contributed by atoms with E-state index in [2.05, 4.69) is 40.5 Å². The standard InChI is InChI=1S/C14H24N10/c1-9-19-11(15)23-13(21-9)17-7-5-3-4-6-8-18-14-22-10(2)20-12(16)24-14/h3-8H2,1-2H3,(H3,15,17,19,21,23)(H3,16,18,20,22,24). The first-order chi connectivity index (χ1) is 11.5. The predicted octanol–water partition coefficient (Wildman–Crippen LogP) is 0.922. The molecule has 0 aliphatic carbocycles. The molecule has 0 unspecified atom stereocenters. The summed E-state index contributed by atoms with van der Waals surface area (Å²) in [5, 5.41) is 6.31. The SMILES string of the molecule is Cc1nc(N)nc(NCCCCCCNc2nc(C)nc(N)n2)n1. The normalized spacial score (nSPS) is 10.6. The molecule has 24 heavy (non-hydrogen) atoms. The van der Waals surface area contributed by atoms with Crippen molar-refractivity contribution in [2.24, 2.45) is 0 Å². The second-order valence-electron chi connectivity index (χ2n) is 5.40. The van der Waals surface area contributed by atoms with Gasteiger partial charge in [0.05, 0.1) is 0 Å². The number of aromatic nitrogens is 6. The highest BCUT2D eigenvalue weighted by atomic mass is 15.2. The number of hydrogen-bond donors (Lipinski definition) is 4. The van der Waals surface area contributed by atoms with Gasteiger partial charge in [0.1, 0.15) is 11.6 Å². The molecule has 0 fully saturated rings. The van der Waals surface area contributed by atoms with Gasteiger partial charge in [-0.05, 0) is 26.7 Å². The molecule has 0 aromatic carbocycles. The van der Waals surface area contributed by atoms with Crippen LogP contribution in [-0.4, -0.2) is 43.0 Å². The monoisotopic (exact) mass is 332 g/mol. The number of hydrogen-bond acceptors (Lipinski definition) is 10. The molecular formula is C14H24N10. The van der Waals surface area contributed by atoms with E-state index in [1.807, 2.05) is 0 Å². The lowest BCUT2D eigenvalue weighted by atomic mass is 10.2. The van der Waals surface area contributed by atoms with E-state index in [-0.39, 0.29) is 11.9 Å². The van der Waals surface area contributed by atoms with Crippen LogP contribution >= 0.6 is 0 Å². The van der Waals surface area contributed by atoms with Gasteiger partial charge < -0.3 is 22.1 Å². The second kappa shape index (κ2) is 8.75. The molecule has 0 spiro atoms. The molecule has 0 radical (unpaired) electrons. The lowest BCUT2D eigenvalue weighted by Gasteiger charge is -2.07. The van der Waals surface area contributed by atoms with Crippen LogP contribution in [0.5, 0.6) is 0 Å². The maximum atomic E-state index is 5.58. The molecule has 2 rings (SSSR count). The molecular weight excluding hydrogens is 308 g/mol. The summed E-state index contributed by atoms with van der Waals surface area (Å²) in [6.45, 7) is 5.19. The Kier molecular flexibility index (Phi) is 6.41. The Bertz CT molecular complexity index is 562. The van der Waals surface area contributed by atoms with Crippen molar-refractivity contribution in [1.29, 1.82) is 0 Å². The van der Waals surface area contributed by atoms with Crippen molar-refractivity contribution in [3.05, 3.63) is 11.6 Å². The van der Waals surface area contributed by atoms with Crippen molar-refractivity contribution in [2.75, 3.05) is 35.2 Å². The maximum absolute atomic E-state index is 5.58. The van der Waals surface area contributed by atoms with Crippen molar-refractivity contribution in [1.82, 2.24) is 29.9 Å². The molecule has 0 bridgehead atoms. The second-order valence-corrected chi connectivity index (χ2v) is 5.40. The highest BCUT2D eigenvalue weighted by molar-refractivity contribution is 5.31. The zero-order chi connectivity index (χ0) is 17.4. The van der Waals surface area contributed by atoms with Gasteiger partial charge in [-0.2, -0.15) is 29.9 Å². The average molecular weight is 332 g/mol. The summed E-state index contributed by atoms with van der Waals surface area (Å²) in [6.07, 6.45) is 4.27. The van der Waals surface area contributed by atoms with Gasteiger partial charge in [0, 0.05) is 13.1 Å². The molecule has 0 saturated heterocycles. The fourth-order valence-electron chi connectivity index (χ4n) is 2.17. The Morgan fingerprint density at radius 3 is 1.42 bits per heavy atom. The van der Waals surface area contributed by atoms with Crippen LogP contribution in [0.2, 0.25) is 0 Å². The van der Waals surface area contributed by atoms with Crippen molar-refractivity contribution >= 4 is 23.8 Å². The van der Waals surface area contributed by atoms with Gasteiger partial charge in [0.25, 0.3) is 0 Å². The molecule has 10 nitrogen and oxygen atoms in total. The molecule has 2 aromatic rings. The summed E-state index contributed by atoms with van der Waals surface area (Å²) < 4.78 is 0. The first-order valence-electron chi connectivity index (χ1n) is 7.97. The Balaban J connectivity index is 1.55. The third-order valence-corrected chi connectivity index (χ3v) is 3.20. The number of anilines is 4. The summed E-state index contributed by atoms with van der Waals surface area (Å²) in [5.41, 5.74) is 11.2. The van der Waals surface area contributed by atoms with Crippen LogP contribution in [0, 0.1) is 13.8 Å². The zero-order valence-corrected chi connectivity index (χ0v) is 14.1. The van der Waals surface area contributed by atoms with Crippen LogP contribution in [0.3, 0.4) is 0 Å². The van der Waals surface area contributed by atoms with Gasteiger partial charge in [-0.1, -0.05) is 12.8 Å².